The Morgan fingerprint density at radius 2 is 2.36 bits per heavy atom. The number of rotatable bonds is 8. The molecule has 2 aliphatic rings. The molecule has 5 nitrogen and oxygen atoms in total. The van der Waals surface area contributed by atoms with Gasteiger partial charge in [0.1, 0.15) is 0 Å². The molecule has 2 fully saturated rings. The molecule has 138 valence electrons. The topological polar surface area (TPSA) is 54.9 Å². The smallest absolute Gasteiger partial charge is 0.191 e. The number of guanidine groups is 1. The number of nitrogens with one attached hydrogen (secondary N) is 2. The van der Waals surface area contributed by atoms with Gasteiger partial charge in [-0.1, -0.05) is 23.7 Å². The van der Waals surface area contributed by atoms with Gasteiger partial charge in [0.25, 0.3) is 0 Å². The zero-order chi connectivity index (χ0) is 17.5. The first kappa shape index (κ1) is 18.5. The van der Waals surface area contributed by atoms with E-state index in [4.69, 9.17) is 21.1 Å². The van der Waals surface area contributed by atoms with Gasteiger partial charge in [0.2, 0.25) is 0 Å². The van der Waals surface area contributed by atoms with E-state index in [-0.39, 0.29) is 6.10 Å². The zero-order valence-electron chi connectivity index (χ0n) is 14.8. The van der Waals surface area contributed by atoms with Crippen LogP contribution in [0.3, 0.4) is 0 Å². The van der Waals surface area contributed by atoms with E-state index in [1.54, 1.807) is 0 Å². The van der Waals surface area contributed by atoms with Crippen LogP contribution in [-0.2, 0) is 9.47 Å². The minimum absolute atomic E-state index is 0.278. The molecule has 0 spiro atoms. The largest absolute Gasteiger partial charge is 0.379 e. The molecule has 0 aromatic heterocycles. The van der Waals surface area contributed by atoms with Crippen LogP contribution in [0.2, 0.25) is 5.02 Å². The van der Waals surface area contributed by atoms with Crippen LogP contribution in [0.1, 0.15) is 37.7 Å². The molecule has 1 saturated carbocycles. The van der Waals surface area contributed by atoms with Crippen LogP contribution in [0, 0.1) is 0 Å². The molecule has 3 atom stereocenters. The Labute approximate surface area is 155 Å². The Morgan fingerprint density at radius 1 is 1.44 bits per heavy atom. The standard InChI is InChI=1S/C19H28ClN3O2/c1-2-21-19(22-8-4-9-25-16-7-10-24-13-16)23-18-12-17(18)14-5-3-6-15(20)11-14/h3,5-6,11,16-18H,2,4,7-10,12-13H2,1H3,(H2,21,22,23). The second-order valence-electron chi connectivity index (χ2n) is 6.62. The summed E-state index contributed by atoms with van der Waals surface area (Å²) in [5.74, 6) is 1.41. The van der Waals surface area contributed by atoms with E-state index in [0.717, 1.165) is 63.2 Å². The summed E-state index contributed by atoms with van der Waals surface area (Å²) in [6.07, 6.45) is 3.34. The minimum atomic E-state index is 0.278. The van der Waals surface area contributed by atoms with Crippen LogP contribution in [0.15, 0.2) is 29.3 Å². The predicted octanol–water partition coefficient (Wildman–Crippen LogP) is 2.95. The summed E-state index contributed by atoms with van der Waals surface area (Å²) in [7, 11) is 0. The maximum Gasteiger partial charge on any atom is 0.191 e. The maximum atomic E-state index is 6.09. The predicted molar refractivity (Wildman–Crippen MR) is 102 cm³/mol. The minimum Gasteiger partial charge on any atom is -0.379 e. The van der Waals surface area contributed by atoms with Gasteiger partial charge < -0.3 is 20.1 Å². The lowest BCUT2D eigenvalue weighted by atomic mass is 10.1. The second-order valence-corrected chi connectivity index (χ2v) is 7.06. The number of aliphatic imine (C=N–C) groups is 1. The van der Waals surface area contributed by atoms with E-state index < -0.39 is 0 Å². The second kappa shape index (κ2) is 9.41. The van der Waals surface area contributed by atoms with Crippen molar-refractivity contribution >= 4 is 17.6 Å². The van der Waals surface area contributed by atoms with Gasteiger partial charge in [-0.25, -0.2) is 0 Å². The number of hydrogen-bond acceptors (Lipinski definition) is 3. The van der Waals surface area contributed by atoms with Crippen molar-refractivity contribution in [3.63, 3.8) is 0 Å². The van der Waals surface area contributed by atoms with E-state index in [1.807, 2.05) is 12.1 Å². The number of hydrogen-bond donors (Lipinski definition) is 2. The molecule has 6 heteroatoms. The van der Waals surface area contributed by atoms with Crippen LogP contribution in [-0.4, -0.2) is 51.0 Å². The quantitative estimate of drug-likeness (QED) is 0.422. The first-order valence-corrected chi connectivity index (χ1v) is 9.63. The van der Waals surface area contributed by atoms with Gasteiger partial charge in [-0.2, -0.15) is 0 Å². The molecule has 3 rings (SSSR count). The molecular weight excluding hydrogens is 338 g/mol. The first-order valence-electron chi connectivity index (χ1n) is 9.26. The molecule has 1 saturated heterocycles. The lowest BCUT2D eigenvalue weighted by Gasteiger charge is -2.12. The van der Waals surface area contributed by atoms with Gasteiger partial charge in [0.05, 0.1) is 12.7 Å². The molecule has 3 unspecified atom stereocenters. The van der Waals surface area contributed by atoms with Crippen molar-refractivity contribution in [1.29, 1.82) is 0 Å². The number of halogens is 1. The third-order valence-electron chi connectivity index (χ3n) is 4.55. The fourth-order valence-electron chi connectivity index (χ4n) is 3.11. The van der Waals surface area contributed by atoms with Gasteiger partial charge in [0, 0.05) is 43.3 Å². The molecule has 2 N–H and O–H groups in total. The summed E-state index contributed by atoms with van der Waals surface area (Å²) in [6, 6.07) is 8.57. The average molecular weight is 366 g/mol. The molecule has 1 aliphatic heterocycles. The lowest BCUT2D eigenvalue weighted by molar-refractivity contribution is 0.0424. The summed E-state index contributed by atoms with van der Waals surface area (Å²) in [5, 5.41) is 7.65. The normalized spacial score (nSPS) is 25.8. The van der Waals surface area contributed by atoms with Crippen molar-refractivity contribution in [3.8, 4) is 0 Å². The fourth-order valence-corrected chi connectivity index (χ4v) is 3.30. The van der Waals surface area contributed by atoms with E-state index in [1.165, 1.54) is 5.56 Å². The van der Waals surface area contributed by atoms with Gasteiger partial charge in [-0.15, -0.1) is 0 Å². The van der Waals surface area contributed by atoms with Crippen molar-refractivity contribution in [2.45, 2.75) is 44.2 Å². The molecule has 1 aliphatic carbocycles. The fraction of sp³-hybridized carbons (Fsp3) is 0.632. The van der Waals surface area contributed by atoms with Crippen molar-refractivity contribution in [2.75, 3.05) is 32.9 Å². The first-order chi connectivity index (χ1) is 12.3. The van der Waals surface area contributed by atoms with E-state index in [0.29, 0.717) is 12.0 Å². The Hall–Kier alpha value is -1.30. The van der Waals surface area contributed by atoms with Crippen LogP contribution in [0.5, 0.6) is 0 Å². The summed E-state index contributed by atoms with van der Waals surface area (Å²) in [6.45, 7) is 6.01. The van der Waals surface area contributed by atoms with Gasteiger partial charge in [-0.3, -0.25) is 4.99 Å². The molecule has 1 heterocycles. The summed E-state index contributed by atoms with van der Waals surface area (Å²) in [4.78, 5) is 4.66. The van der Waals surface area contributed by atoms with Gasteiger partial charge in [-0.05, 0) is 43.9 Å². The summed E-state index contributed by atoms with van der Waals surface area (Å²) in [5.41, 5.74) is 1.30. The summed E-state index contributed by atoms with van der Waals surface area (Å²) < 4.78 is 11.1. The van der Waals surface area contributed by atoms with Gasteiger partial charge in [0.15, 0.2) is 5.96 Å². The Kier molecular flexibility index (Phi) is 6.96. The zero-order valence-corrected chi connectivity index (χ0v) is 15.6. The van der Waals surface area contributed by atoms with Crippen LogP contribution >= 0.6 is 11.6 Å². The van der Waals surface area contributed by atoms with Crippen molar-refractivity contribution in [1.82, 2.24) is 10.6 Å². The molecule has 0 amide bonds. The van der Waals surface area contributed by atoms with Crippen molar-refractivity contribution in [2.24, 2.45) is 4.99 Å². The van der Waals surface area contributed by atoms with Crippen LogP contribution in [0.25, 0.3) is 0 Å². The lowest BCUT2D eigenvalue weighted by Crippen LogP contribution is -2.39. The number of nitrogens with zero attached hydrogens (tertiary/aromatic N) is 1. The van der Waals surface area contributed by atoms with E-state index in [9.17, 15) is 0 Å². The Balaban J connectivity index is 1.40. The van der Waals surface area contributed by atoms with Gasteiger partial charge >= 0.3 is 0 Å². The Bertz CT molecular complexity index is 576. The average Bonchev–Trinajstić information content (AvgIpc) is 3.17. The molecule has 0 bridgehead atoms. The highest BCUT2D eigenvalue weighted by Gasteiger charge is 2.39. The molecule has 1 aromatic rings. The van der Waals surface area contributed by atoms with Crippen molar-refractivity contribution < 1.29 is 9.47 Å². The molecule has 0 radical (unpaired) electrons. The van der Waals surface area contributed by atoms with Crippen molar-refractivity contribution in [3.05, 3.63) is 34.9 Å². The highest BCUT2D eigenvalue weighted by atomic mass is 35.5. The number of ether oxygens (including phenoxy) is 2. The maximum absolute atomic E-state index is 6.09. The SMILES string of the molecule is CCNC(=NCCCOC1CCOC1)NC1CC1c1cccc(Cl)c1. The molecule has 25 heavy (non-hydrogen) atoms. The Morgan fingerprint density at radius 3 is 3.12 bits per heavy atom. The van der Waals surface area contributed by atoms with Crippen LogP contribution < -0.4 is 10.6 Å². The number of benzene rings is 1. The third-order valence-corrected chi connectivity index (χ3v) is 4.78. The third kappa shape index (κ3) is 5.87. The molecular formula is C19H28ClN3O2. The molecule has 1 aromatic carbocycles. The summed E-state index contributed by atoms with van der Waals surface area (Å²) >= 11 is 6.09. The monoisotopic (exact) mass is 365 g/mol. The highest BCUT2D eigenvalue weighted by molar-refractivity contribution is 6.30. The van der Waals surface area contributed by atoms with E-state index >= 15 is 0 Å². The highest BCUT2D eigenvalue weighted by Crippen LogP contribution is 2.41. The van der Waals surface area contributed by atoms with Crippen LogP contribution in [0.4, 0.5) is 0 Å². The van der Waals surface area contributed by atoms with E-state index in [2.05, 4.69) is 34.7 Å².